The van der Waals surface area contributed by atoms with Crippen LogP contribution in [0.5, 0.6) is 0 Å². The highest BCUT2D eigenvalue weighted by Gasteiger charge is 2.18. The average Bonchev–Trinajstić information content (AvgIpc) is 2.79. The number of ether oxygens (including phenoxy) is 1. The zero-order valence-electron chi connectivity index (χ0n) is 18.4. The lowest BCUT2D eigenvalue weighted by Gasteiger charge is -2.26. The van der Waals surface area contributed by atoms with E-state index in [2.05, 4.69) is 27.3 Å². The highest BCUT2D eigenvalue weighted by molar-refractivity contribution is 6.38. The van der Waals surface area contributed by atoms with Crippen LogP contribution < -0.4 is 10.2 Å². The van der Waals surface area contributed by atoms with Crippen LogP contribution in [0.15, 0.2) is 42.5 Å². The predicted molar refractivity (Wildman–Crippen MR) is 131 cm³/mol. The minimum absolute atomic E-state index is 0.0306. The summed E-state index contributed by atoms with van der Waals surface area (Å²) in [7, 11) is 1.61. The Morgan fingerprint density at radius 1 is 1.12 bits per heavy atom. The Morgan fingerprint density at radius 3 is 2.62 bits per heavy atom. The summed E-state index contributed by atoms with van der Waals surface area (Å²) in [6.07, 6.45) is 1.82. The van der Waals surface area contributed by atoms with Crippen LogP contribution in [0.25, 0.3) is 10.9 Å². The van der Waals surface area contributed by atoms with E-state index in [0.717, 1.165) is 17.6 Å². The zero-order chi connectivity index (χ0) is 22.9. The van der Waals surface area contributed by atoms with E-state index < -0.39 is 0 Å². The molecule has 0 radical (unpaired) electrons. The molecule has 0 saturated heterocycles. The van der Waals surface area contributed by atoms with Crippen molar-refractivity contribution in [3.8, 4) is 0 Å². The number of nitrogens with zero attached hydrogens (tertiary/aromatic N) is 3. The van der Waals surface area contributed by atoms with Crippen molar-refractivity contribution in [2.24, 2.45) is 0 Å². The van der Waals surface area contributed by atoms with E-state index in [4.69, 9.17) is 32.9 Å². The van der Waals surface area contributed by atoms with Crippen molar-refractivity contribution in [3.63, 3.8) is 0 Å². The van der Waals surface area contributed by atoms with Crippen molar-refractivity contribution in [1.29, 1.82) is 0 Å². The van der Waals surface area contributed by atoms with Crippen LogP contribution in [0.4, 0.5) is 5.82 Å². The molecule has 32 heavy (non-hydrogen) atoms. The molecule has 0 saturated carbocycles. The second-order valence-electron chi connectivity index (χ2n) is 7.42. The average molecular weight is 475 g/mol. The predicted octanol–water partition coefficient (Wildman–Crippen LogP) is 4.70. The number of halogens is 2. The molecule has 3 rings (SSSR count). The number of anilines is 1. The van der Waals surface area contributed by atoms with Gasteiger partial charge in [-0.2, -0.15) is 0 Å². The number of aromatic nitrogens is 2. The normalized spacial score (nSPS) is 11.0. The minimum Gasteiger partial charge on any atom is -0.383 e. The molecule has 0 aliphatic heterocycles. The van der Waals surface area contributed by atoms with E-state index in [-0.39, 0.29) is 5.91 Å². The van der Waals surface area contributed by atoms with Gasteiger partial charge in [-0.1, -0.05) is 60.5 Å². The monoisotopic (exact) mass is 474 g/mol. The maximum atomic E-state index is 12.4. The molecule has 1 heterocycles. The Balaban J connectivity index is 1.92. The third kappa shape index (κ3) is 6.55. The Labute approximate surface area is 198 Å². The lowest BCUT2D eigenvalue weighted by molar-refractivity contribution is -0.121. The highest BCUT2D eigenvalue weighted by atomic mass is 35.5. The van der Waals surface area contributed by atoms with Crippen LogP contribution in [0.2, 0.25) is 10.0 Å². The third-order valence-corrected chi connectivity index (χ3v) is 5.62. The number of methoxy groups -OCH3 is 1. The van der Waals surface area contributed by atoms with Gasteiger partial charge < -0.3 is 15.0 Å². The SMILES string of the molecule is CCc1nc(N(CCC(=O)NCCOC)CCc2ccccc2)c2cc(Cl)cc(Cl)c2n1. The third-order valence-electron chi connectivity index (χ3n) is 5.11. The Bertz CT molecular complexity index is 1050. The van der Waals surface area contributed by atoms with Gasteiger partial charge in [-0.3, -0.25) is 4.79 Å². The van der Waals surface area contributed by atoms with Crippen molar-refractivity contribution in [1.82, 2.24) is 15.3 Å². The van der Waals surface area contributed by atoms with Gasteiger partial charge in [0.1, 0.15) is 11.6 Å². The first-order chi connectivity index (χ1) is 15.5. The van der Waals surface area contributed by atoms with Crippen LogP contribution in [-0.4, -0.2) is 49.2 Å². The Morgan fingerprint density at radius 2 is 1.91 bits per heavy atom. The molecule has 0 aliphatic carbocycles. The smallest absolute Gasteiger partial charge is 0.221 e. The standard InChI is InChI=1S/C24H28Cl2N4O2/c1-3-21-28-23-19(15-18(25)16-20(23)26)24(29-21)30(12-9-17-7-5-4-6-8-17)13-10-22(31)27-11-14-32-2/h4-8,15-16H,3,9-14H2,1-2H3,(H,27,31). The van der Waals surface area contributed by atoms with Crippen LogP contribution >= 0.6 is 23.2 Å². The van der Waals surface area contributed by atoms with Crippen molar-refractivity contribution >= 4 is 45.8 Å². The van der Waals surface area contributed by atoms with Gasteiger partial charge in [0, 0.05) is 50.0 Å². The second-order valence-corrected chi connectivity index (χ2v) is 8.26. The topological polar surface area (TPSA) is 67.4 Å². The molecule has 1 amide bonds. The van der Waals surface area contributed by atoms with Gasteiger partial charge in [0.25, 0.3) is 0 Å². The number of benzene rings is 2. The van der Waals surface area contributed by atoms with Crippen LogP contribution in [0, 0.1) is 0 Å². The van der Waals surface area contributed by atoms with Gasteiger partial charge in [-0.25, -0.2) is 9.97 Å². The molecule has 0 atom stereocenters. The molecular weight excluding hydrogens is 447 g/mol. The fraction of sp³-hybridized carbons (Fsp3) is 0.375. The van der Waals surface area contributed by atoms with Crippen LogP contribution in [-0.2, 0) is 22.4 Å². The largest absolute Gasteiger partial charge is 0.383 e. The summed E-state index contributed by atoms with van der Waals surface area (Å²) >= 11 is 12.8. The van der Waals surface area contributed by atoms with Gasteiger partial charge in [0.15, 0.2) is 0 Å². The maximum absolute atomic E-state index is 12.4. The zero-order valence-corrected chi connectivity index (χ0v) is 19.9. The molecule has 1 N–H and O–H groups in total. The van der Waals surface area contributed by atoms with E-state index in [1.54, 1.807) is 13.2 Å². The number of nitrogens with one attached hydrogen (secondary N) is 1. The first-order valence-electron chi connectivity index (χ1n) is 10.7. The molecule has 0 unspecified atom stereocenters. The van der Waals surface area contributed by atoms with E-state index in [1.807, 2.05) is 31.2 Å². The number of hydrogen-bond acceptors (Lipinski definition) is 5. The molecule has 8 heteroatoms. The van der Waals surface area contributed by atoms with E-state index in [1.165, 1.54) is 5.56 Å². The van der Waals surface area contributed by atoms with Gasteiger partial charge in [0.2, 0.25) is 5.91 Å². The van der Waals surface area contributed by atoms with Gasteiger partial charge in [-0.05, 0) is 24.1 Å². The van der Waals surface area contributed by atoms with Gasteiger partial charge in [0.05, 0.1) is 17.1 Å². The highest BCUT2D eigenvalue weighted by Crippen LogP contribution is 2.32. The molecule has 1 aromatic heterocycles. The summed E-state index contributed by atoms with van der Waals surface area (Å²) in [5.74, 6) is 1.42. The summed E-state index contributed by atoms with van der Waals surface area (Å²) in [6, 6.07) is 13.8. The lowest BCUT2D eigenvalue weighted by atomic mass is 10.1. The number of aryl methyl sites for hydroxylation is 1. The number of carbonyl (C=O) groups excluding carboxylic acids is 1. The number of hydrogen-bond donors (Lipinski definition) is 1. The minimum atomic E-state index is -0.0306. The first kappa shape index (κ1) is 24.2. The Kier molecular flexibility index (Phi) is 9.09. The van der Waals surface area contributed by atoms with E-state index >= 15 is 0 Å². The molecule has 3 aromatic rings. The molecule has 2 aromatic carbocycles. The van der Waals surface area contributed by atoms with Crippen LogP contribution in [0.1, 0.15) is 24.7 Å². The summed E-state index contributed by atoms with van der Waals surface area (Å²) < 4.78 is 5.00. The number of rotatable bonds is 11. The number of amides is 1. The fourth-order valence-electron chi connectivity index (χ4n) is 3.44. The van der Waals surface area contributed by atoms with Crippen molar-refractivity contribution in [3.05, 3.63) is 63.9 Å². The summed E-state index contributed by atoms with van der Waals surface area (Å²) in [4.78, 5) is 23.9. The van der Waals surface area contributed by atoms with Gasteiger partial charge in [-0.15, -0.1) is 0 Å². The molecular formula is C24H28Cl2N4O2. The number of fused-ring (bicyclic) bond motifs is 1. The van der Waals surface area contributed by atoms with Crippen molar-refractivity contribution < 1.29 is 9.53 Å². The summed E-state index contributed by atoms with van der Waals surface area (Å²) in [5.41, 5.74) is 1.89. The fourth-order valence-corrected chi connectivity index (χ4v) is 3.97. The number of carbonyl (C=O) groups is 1. The van der Waals surface area contributed by atoms with Crippen molar-refractivity contribution in [2.45, 2.75) is 26.2 Å². The Hall–Kier alpha value is -2.41. The lowest BCUT2D eigenvalue weighted by Crippen LogP contribution is -2.34. The van der Waals surface area contributed by atoms with Crippen molar-refractivity contribution in [2.75, 3.05) is 38.3 Å². The molecule has 170 valence electrons. The summed E-state index contributed by atoms with van der Waals surface area (Å²) in [5, 5.41) is 4.68. The van der Waals surface area contributed by atoms with E-state index in [9.17, 15) is 4.79 Å². The molecule has 6 nitrogen and oxygen atoms in total. The summed E-state index contributed by atoms with van der Waals surface area (Å²) in [6.45, 7) is 4.17. The molecule has 0 spiro atoms. The molecule has 0 fully saturated rings. The van der Waals surface area contributed by atoms with Crippen LogP contribution in [0.3, 0.4) is 0 Å². The second kappa shape index (κ2) is 12.0. The maximum Gasteiger partial charge on any atom is 0.221 e. The van der Waals surface area contributed by atoms with Gasteiger partial charge >= 0.3 is 0 Å². The van der Waals surface area contributed by atoms with E-state index in [0.29, 0.717) is 60.5 Å². The first-order valence-corrected chi connectivity index (χ1v) is 11.5. The quantitative estimate of drug-likeness (QED) is 0.407. The molecule has 0 bridgehead atoms. The molecule has 0 aliphatic rings.